The number of rotatable bonds is 6. The minimum absolute atomic E-state index is 0.257. The smallest absolute Gasteiger partial charge is 0.319 e. The average Bonchev–Trinajstić information content (AvgIpc) is 3.06. The zero-order valence-electron chi connectivity index (χ0n) is 14.4. The third-order valence-corrected chi connectivity index (χ3v) is 4.52. The van der Waals surface area contributed by atoms with Crippen molar-refractivity contribution >= 4 is 27.6 Å². The van der Waals surface area contributed by atoms with Gasteiger partial charge in [0.25, 0.3) is 0 Å². The number of hydrogen-bond acceptors (Lipinski definition) is 3. The van der Waals surface area contributed by atoms with Gasteiger partial charge in [-0.2, -0.15) is 5.10 Å². The highest BCUT2D eigenvalue weighted by Gasteiger charge is 2.07. The Kier molecular flexibility index (Phi) is 6.01. The van der Waals surface area contributed by atoms with E-state index in [-0.39, 0.29) is 6.03 Å². The number of aromatic nitrogens is 3. The van der Waals surface area contributed by atoms with Gasteiger partial charge in [-0.1, -0.05) is 42.0 Å². The van der Waals surface area contributed by atoms with Crippen molar-refractivity contribution in [2.24, 2.45) is 0 Å². The Morgan fingerprint density at radius 1 is 1.15 bits per heavy atom. The number of benzene rings is 2. The predicted octanol–water partition coefficient (Wildman–Crippen LogP) is 3.83. The van der Waals surface area contributed by atoms with E-state index in [1.807, 2.05) is 24.3 Å². The van der Waals surface area contributed by atoms with Gasteiger partial charge in [-0.3, -0.25) is 5.10 Å². The van der Waals surface area contributed by atoms with Gasteiger partial charge in [0.2, 0.25) is 0 Å². The van der Waals surface area contributed by atoms with Crippen LogP contribution in [0, 0.1) is 6.92 Å². The molecule has 0 fully saturated rings. The third kappa shape index (κ3) is 5.16. The van der Waals surface area contributed by atoms with Gasteiger partial charge in [0.1, 0.15) is 5.82 Å². The maximum Gasteiger partial charge on any atom is 0.319 e. The van der Waals surface area contributed by atoms with Crippen molar-refractivity contribution in [1.29, 1.82) is 0 Å². The Labute approximate surface area is 160 Å². The van der Waals surface area contributed by atoms with Crippen LogP contribution in [-0.2, 0) is 12.8 Å². The van der Waals surface area contributed by atoms with Gasteiger partial charge >= 0.3 is 6.03 Å². The maximum atomic E-state index is 11.9. The van der Waals surface area contributed by atoms with Gasteiger partial charge in [-0.05, 0) is 40.5 Å². The lowest BCUT2D eigenvalue weighted by atomic mass is 10.1. The van der Waals surface area contributed by atoms with E-state index in [2.05, 4.69) is 72.9 Å². The summed E-state index contributed by atoms with van der Waals surface area (Å²) in [5.74, 6) is 1.51. The SMILES string of the molecule is Cc1ccc(Cc2nc(CCNC(=O)Nc3ccccc3Br)n[nH]2)cc1. The molecule has 0 aliphatic carbocycles. The number of anilines is 1. The van der Waals surface area contributed by atoms with Gasteiger partial charge in [-0.25, -0.2) is 9.78 Å². The number of hydrogen-bond donors (Lipinski definition) is 3. The number of aromatic amines is 1. The largest absolute Gasteiger partial charge is 0.337 e. The minimum Gasteiger partial charge on any atom is -0.337 e. The van der Waals surface area contributed by atoms with E-state index in [9.17, 15) is 4.79 Å². The number of halogens is 1. The monoisotopic (exact) mass is 413 g/mol. The second-order valence-corrected chi connectivity index (χ2v) is 6.83. The predicted molar refractivity (Wildman–Crippen MR) is 105 cm³/mol. The number of nitrogens with zero attached hydrogens (tertiary/aromatic N) is 2. The van der Waals surface area contributed by atoms with Crippen molar-refractivity contribution in [3.8, 4) is 0 Å². The summed E-state index contributed by atoms with van der Waals surface area (Å²) in [4.78, 5) is 16.4. The molecule has 0 unspecified atom stereocenters. The summed E-state index contributed by atoms with van der Waals surface area (Å²) in [7, 11) is 0. The molecule has 0 bridgehead atoms. The number of H-pyrrole nitrogens is 1. The molecule has 0 radical (unpaired) electrons. The molecule has 0 atom stereocenters. The Morgan fingerprint density at radius 2 is 1.92 bits per heavy atom. The molecule has 0 spiro atoms. The molecule has 3 aromatic rings. The molecule has 2 aromatic carbocycles. The molecule has 0 aliphatic heterocycles. The first-order chi connectivity index (χ1) is 12.6. The standard InChI is InChI=1S/C19H20BrN5O/c1-13-6-8-14(9-7-13)12-18-23-17(24-25-18)10-11-21-19(26)22-16-5-3-2-4-15(16)20/h2-9H,10-12H2,1H3,(H2,21,22,26)(H,23,24,25). The van der Waals surface area contributed by atoms with Gasteiger partial charge in [0.15, 0.2) is 5.82 Å². The first-order valence-electron chi connectivity index (χ1n) is 8.35. The van der Waals surface area contributed by atoms with Crippen LogP contribution in [0.15, 0.2) is 53.0 Å². The van der Waals surface area contributed by atoms with Crippen molar-refractivity contribution in [3.63, 3.8) is 0 Å². The molecule has 0 saturated heterocycles. The highest BCUT2D eigenvalue weighted by atomic mass is 79.9. The van der Waals surface area contributed by atoms with Crippen LogP contribution in [0.5, 0.6) is 0 Å². The van der Waals surface area contributed by atoms with Crippen LogP contribution >= 0.6 is 15.9 Å². The first kappa shape index (κ1) is 18.1. The number of amides is 2. The Morgan fingerprint density at radius 3 is 2.69 bits per heavy atom. The fourth-order valence-corrected chi connectivity index (χ4v) is 2.83. The van der Waals surface area contributed by atoms with Gasteiger partial charge < -0.3 is 10.6 Å². The minimum atomic E-state index is -0.257. The molecule has 134 valence electrons. The molecule has 3 N–H and O–H groups in total. The Balaban J connectivity index is 1.45. The average molecular weight is 414 g/mol. The number of carbonyl (C=O) groups is 1. The summed E-state index contributed by atoms with van der Waals surface area (Å²) in [5.41, 5.74) is 3.14. The summed E-state index contributed by atoms with van der Waals surface area (Å²) >= 11 is 3.40. The van der Waals surface area contributed by atoms with E-state index in [4.69, 9.17) is 0 Å². The first-order valence-corrected chi connectivity index (χ1v) is 9.14. The normalized spacial score (nSPS) is 10.5. The molecule has 3 rings (SSSR count). The highest BCUT2D eigenvalue weighted by molar-refractivity contribution is 9.10. The van der Waals surface area contributed by atoms with Gasteiger partial charge in [-0.15, -0.1) is 0 Å². The molecule has 2 amide bonds. The second kappa shape index (κ2) is 8.62. The highest BCUT2D eigenvalue weighted by Crippen LogP contribution is 2.20. The molecule has 7 heteroatoms. The van der Waals surface area contributed by atoms with Crippen molar-refractivity contribution in [2.75, 3.05) is 11.9 Å². The van der Waals surface area contributed by atoms with Crippen LogP contribution in [0.3, 0.4) is 0 Å². The molecule has 0 saturated carbocycles. The Hall–Kier alpha value is -2.67. The summed E-state index contributed by atoms with van der Waals surface area (Å²) in [6, 6.07) is 15.5. The van der Waals surface area contributed by atoms with E-state index < -0.39 is 0 Å². The summed E-state index contributed by atoms with van der Waals surface area (Å²) < 4.78 is 0.838. The maximum absolute atomic E-state index is 11.9. The van der Waals surface area contributed by atoms with Crippen LogP contribution < -0.4 is 10.6 Å². The van der Waals surface area contributed by atoms with Crippen molar-refractivity contribution in [3.05, 3.63) is 75.8 Å². The van der Waals surface area contributed by atoms with Crippen LogP contribution in [0.1, 0.15) is 22.8 Å². The summed E-state index contributed by atoms with van der Waals surface area (Å²) in [5, 5.41) is 12.8. The van der Waals surface area contributed by atoms with Gasteiger partial charge in [0.05, 0.1) is 5.69 Å². The lowest BCUT2D eigenvalue weighted by Crippen LogP contribution is -2.30. The van der Waals surface area contributed by atoms with E-state index >= 15 is 0 Å². The number of urea groups is 1. The van der Waals surface area contributed by atoms with Crippen LogP contribution in [-0.4, -0.2) is 27.8 Å². The zero-order valence-corrected chi connectivity index (χ0v) is 16.0. The molecule has 1 aromatic heterocycles. The third-order valence-electron chi connectivity index (χ3n) is 3.83. The van der Waals surface area contributed by atoms with Gasteiger partial charge in [0, 0.05) is 23.9 Å². The summed E-state index contributed by atoms with van der Waals surface area (Å²) in [6.45, 7) is 2.52. The van der Waals surface area contributed by atoms with E-state index in [0.29, 0.717) is 25.2 Å². The molecule has 0 aliphatic rings. The van der Waals surface area contributed by atoms with E-state index in [0.717, 1.165) is 16.0 Å². The lowest BCUT2D eigenvalue weighted by Gasteiger charge is -2.08. The van der Waals surface area contributed by atoms with Crippen molar-refractivity contribution in [2.45, 2.75) is 19.8 Å². The van der Waals surface area contributed by atoms with E-state index in [1.165, 1.54) is 11.1 Å². The van der Waals surface area contributed by atoms with Crippen LogP contribution in [0.2, 0.25) is 0 Å². The fourth-order valence-electron chi connectivity index (χ4n) is 2.44. The quantitative estimate of drug-likeness (QED) is 0.573. The molecule has 26 heavy (non-hydrogen) atoms. The molecular weight excluding hydrogens is 394 g/mol. The second-order valence-electron chi connectivity index (χ2n) is 5.97. The molecular formula is C19H20BrN5O. The fraction of sp³-hybridized carbons (Fsp3) is 0.211. The summed E-state index contributed by atoms with van der Waals surface area (Å²) in [6.07, 6.45) is 1.27. The number of nitrogens with one attached hydrogen (secondary N) is 3. The number of para-hydroxylation sites is 1. The molecule has 6 nitrogen and oxygen atoms in total. The number of carbonyl (C=O) groups excluding carboxylic acids is 1. The Bertz CT molecular complexity index is 876. The van der Waals surface area contributed by atoms with Crippen LogP contribution in [0.25, 0.3) is 0 Å². The molecule has 1 heterocycles. The van der Waals surface area contributed by atoms with E-state index in [1.54, 1.807) is 0 Å². The van der Waals surface area contributed by atoms with Crippen molar-refractivity contribution < 1.29 is 4.79 Å². The van der Waals surface area contributed by atoms with Crippen molar-refractivity contribution in [1.82, 2.24) is 20.5 Å². The van der Waals surface area contributed by atoms with Crippen LogP contribution in [0.4, 0.5) is 10.5 Å². The topological polar surface area (TPSA) is 82.7 Å². The number of aryl methyl sites for hydroxylation is 1. The lowest BCUT2D eigenvalue weighted by molar-refractivity contribution is 0.252. The zero-order chi connectivity index (χ0) is 18.4.